The van der Waals surface area contributed by atoms with Crippen molar-refractivity contribution in [1.29, 1.82) is 0 Å². The topological polar surface area (TPSA) is 22.1 Å². The van der Waals surface area contributed by atoms with Gasteiger partial charge < -0.3 is 4.74 Å². The molecule has 1 aromatic rings. The molecule has 0 aromatic carbocycles. The lowest BCUT2D eigenvalue weighted by Crippen LogP contribution is -1.99. The Balaban J connectivity index is 2.24. The summed E-state index contributed by atoms with van der Waals surface area (Å²) in [6.45, 7) is 3.05. The van der Waals surface area contributed by atoms with Crippen LogP contribution in [0.1, 0.15) is 31.2 Å². The Kier molecular flexibility index (Phi) is 1.98. The zero-order valence-corrected chi connectivity index (χ0v) is 7.29. The molecule has 12 heavy (non-hydrogen) atoms. The van der Waals surface area contributed by atoms with Crippen LogP contribution in [0.5, 0.6) is 5.75 Å². The molecule has 0 amide bonds. The molecule has 1 aromatic heterocycles. The molecule has 0 N–H and O–H groups in total. The SMILES string of the molecule is CCCC1COc2cnccc21. The van der Waals surface area contributed by atoms with Crippen molar-refractivity contribution in [2.24, 2.45) is 0 Å². The highest BCUT2D eigenvalue weighted by atomic mass is 16.5. The van der Waals surface area contributed by atoms with Crippen molar-refractivity contribution in [3.8, 4) is 5.75 Å². The molecule has 0 radical (unpaired) electrons. The number of hydrogen-bond acceptors (Lipinski definition) is 2. The van der Waals surface area contributed by atoms with Gasteiger partial charge in [0.2, 0.25) is 0 Å². The molecular weight excluding hydrogens is 150 g/mol. The van der Waals surface area contributed by atoms with Gasteiger partial charge in [-0.3, -0.25) is 4.98 Å². The number of rotatable bonds is 2. The lowest BCUT2D eigenvalue weighted by Gasteiger charge is -2.04. The van der Waals surface area contributed by atoms with Crippen LogP contribution >= 0.6 is 0 Å². The average molecular weight is 163 g/mol. The summed E-state index contributed by atoms with van der Waals surface area (Å²) in [4.78, 5) is 4.03. The second-order valence-corrected chi connectivity index (χ2v) is 3.21. The molecule has 0 saturated heterocycles. The number of fused-ring (bicyclic) bond motifs is 1. The monoisotopic (exact) mass is 163 g/mol. The van der Waals surface area contributed by atoms with Gasteiger partial charge in [-0.1, -0.05) is 13.3 Å². The van der Waals surface area contributed by atoms with Crippen molar-refractivity contribution in [1.82, 2.24) is 4.98 Å². The highest BCUT2D eigenvalue weighted by Gasteiger charge is 2.22. The zero-order valence-electron chi connectivity index (χ0n) is 7.29. The number of aromatic nitrogens is 1. The zero-order chi connectivity index (χ0) is 8.39. The quantitative estimate of drug-likeness (QED) is 0.667. The molecule has 0 saturated carbocycles. The molecule has 1 aliphatic rings. The minimum Gasteiger partial charge on any atom is -0.491 e. The van der Waals surface area contributed by atoms with Gasteiger partial charge in [0.1, 0.15) is 5.75 Å². The minimum atomic E-state index is 0.605. The van der Waals surface area contributed by atoms with Crippen LogP contribution in [0, 0.1) is 0 Å². The summed E-state index contributed by atoms with van der Waals surface area (Å²) in [5, 5.41) is 0. The van der Waals surface area contributed by atoms with E-state index < -0.39 is 0 Å². The van der Waals surface area contributed by atoms with E-state index in [1.807, 2.05) is 12.4 Å². The Morgan fingerprint density at radius 1 is 1.67 bits per heavy atom. The van der Waals surface area contributed by atoms with Crippen LogP contribution in [-0.4, -0.2) is 11.6 Å². The van der Waals surface area contributed by atoms with Gasteiger partial charge in [0, 0.05) is 17.7 Å². The summed E-state index contributed by atoms with van der Waals surface area (Å²) in [6, 6.07) is 2.07. The first-order valence-electron chi connectivity index (χ1n) is 4.48. The molecular formula is C10H13NO. The van der Waals surface area contributed by atoms with Gasteiger partial charge in [0.25, 0.3) is 0 Å². The van der Waals surface area contributed by atoms with Crippen molar-refractivity contribution in [3.63, 3.8) is 0 Å². The second kappa shape index (κ2) is 3.13. The van der Waals surface area contributed by atoms with E-state index in [0.29, 0.717) is 5.92 Å². The lowest BCUT2D eigenvalue weighted by molar-refractivity contribution is 0.324. The molecule has 64 valence electrons. The Labute approximate surface area is 72.6 Å². The van der Waals surface area contributed by atoms with Crippen molar-refractivity contribution < 1.29 is 4.74 Å². The maximum absolute atomic E-state index is 5.50. The predicted molar refractivity (Wildman–Crippen MR) is 47.4 cm³/mol. The van der Waals surface area contributed by atoms with E-state index in [9.17, 15) is 0 Å². The number of pyridine rings is 1. The molecule has 1 aliphatic heterocycles. The molecule has 1 atom stereocenters. The van der Waals surface area contributed by atoms with Gasteiger partial charge in [-0.05, 0) is 12.5 Å². The van der Waals surface area contributed by atoms with Crippen LogP contribution in [0.3, 0.4) is 0 Å². The predicted octanol–water partition coefficient (Wildman–Crippen LogP) is 2.36. The van der Waals surface area contributed by atoms with Crippen molar-refractivity contribution in [3.05, 3.63) is 24.0 Å². The van der Waals surface area contributed by atoms with Crippen LogP contribution in [0.4, 0.5) is 0 Å². The van der Waals surface area contributed by atoms with E-state index >= 15 is 0 Å². The fourth-order valence-electron chi connectivity index (χ4n) is 1.72. The van der Waals surface area contributed by atoms with Crippen molar-refractivity contribution >= 4 is 0 Å². The van der Waals surface area contributed by atoms with Crippen LogP contribution in [0.25, 0.3) is 0 Å². The van der Waals surface area contributed by atoms with Crippen LogP contribution in [-0.2, 0) is 0 Å². The summed E-state index contributed by atoms with van der Waals surface area (Å²) in [7, 11) is 0. The number of nitrogens with zero attached hydrogens (tertiary/aromatic N) is 1. The smallest absolute Gasteiger partial charge is 0.141 e. The first-order valence-corrected chi connectivity index (χ1v) is 4.48. The van der Waals surface area contributed by atoms with E-state index in [2.05, 4.69) is 18.0 Å². The van der Waals surface area contributed by atoms with E-state index in [1.165, 1.54) is 18.4 Å². The van der Waals surface area contributed by atoms with E-state index in [0.717, 1.165) is 12.4 Å². The first kappa shape index (κ1) is 7.59. The maximum atomic E-state index is 5.50. The molecule has 2 nitrogen and oxygen atoms in total. The molecule has 0 fully saturated rings. The van der Waals surface area contributed by atoms with Crippen LogP contribution < -0.4 is 4.74 Å². The third kappa shape index (κ3) is 1.17. The highest BCUT2D eigenvalue weighted by molar-refractivity contribution is 5.36. The largest absolute Gasteiger partial charge is 0.491 e. The second-order valence-electron chi connectivity index (χ2n) is 3.21. The molecule has 2 heteroatoms. The van der Waals surface area contributed by atoms with E-state index in [1.54, 1.807) is 0 Å². The van der Waals surface area contributed by atoms with Crippen LogP contribution in [0.2, 0.25) is 0 Å². The standard InChI is InChI=1S/C10H13NO/c1-2-3-8-7-12-10-6-11-5-4-9(8)10/h4-6,8H,2-3,7H2,1H3. The molecule has 2 rings (SSSR count). The average Bonchev–Trinajstić information content (AvgIpc) is 2.50. The number of ether oxygens (including phenoxy) is 1. The van der Waals surface area contributed by atoms with E-state index in [4.69, 9.17) is 4.74 Å². The van der Waals surface area contributed by atoms with Gasteiger partial charge in [-0.15, -0.1) is 0 Å². The van der Waals surface area contributed by atoms with Gasteiger partial charge in [-0.25, -0.2) is 0 Å². The summed E-state index contributed by atoms with van der Waals surface area (Å²) < 4.78 is 5.50. The number of hydrogen-bond donors (Lipinski definition) is 0. The molecule has 0 bridgehead atoms. The summed E-state index contributed by atoms with van der Waals surface area (Å²) in [5.74, 6) is 1.59. The molecule has 0 aliphatic carbocycles. The van der Waals surface area contributed by atoms with Crippen molar-refractivity contribution in [2.45, 2.75) is 25.7 Å². The third-order valence-corrected chi connectivity index (χ3v) is 2.33. The molecule has 0 spiro atoms. The van der Waals surface area contributed by atoms with E-state index in [-0.39, 0.29) is 0 Å². The molecule has 1 unspecified atom stereocenters. The fourth-order valence-corrected chi connectivity index (χ4v) is 1.72. The molecule has 2 heterocycles. The summed E-state index contributed by atoms with van der Waals surface area (Å²) in [6.07, 6.45) is 6.09. The Hall–Kier alpha value is -1.05. The highest BCUT2D eigenvalue weighted by Crippen LogP contribution is 2.35. The lowest BCUT2D eigenvalue weighted by atomic mass is 9.98. The van der Waals surface area contributed by atoms with Gasteiger partial charge in [-0.2, -0.15) is 0 Å². The van der Waals surface area contributed by atoms with Crippen molar-refractivity contribution in [2.75, 3.05) is 6.61 Å². The normalized spacial score (nSPS) is 20.2. The summed E-state index contributed by atoms with van der Waals surface area (Å²) >= 11 is 0. The van der Waals surface area contributed by atoms with Gasteiger partial charge in [0.05, 0.1) is 12.8 Å². The minimum absolute atomic E-state index is 0.605. The fraction of sp³-hybridized carbons (Fsp3) is 0.500. The Morgan fingerprint density at radius 3 is 3.42 bits per heavy atom. The first-order chi connectivity index (χ1) is 5.92. The summed E-state index contributed by atoms with van der Waals surface area (Å²) in [5.41, 5.74) is 1.34. The maximum Gasteiger partial charge on any atom is 0.141 e. The van der Waals surface area contributed by atoms with Crippen LogP contribution in [0.15, 0.2) is 18.5 Å². The Morgan fingerprint density at radius 2 is 2.58 bits per heavy atom. The van der Waals surface area contributed by atoms with Gasteiger partial charge in [0.15, 0.2) is 0 Å². The third-order valence-electron chi connectivity index (χ3n) is 2.33. The van der Waals surface area contributed by atoms with Gasteiger partial charge >= 0.3 is 0 Å². The Bertz CT molecular complexity index is 270.